The van der Waals surface area contributed by atoms with Crippen LogP contribution in [0, 0.1) is 0 Å². The Hall–Kier alpha value is -2.41. The Morgan fingerprint density at radius 3 is 2.65 bits per heavy atom. The van der Waals surface area contributed by atoms with Crippen molar-refractivity contribution in [3.8, 4) is 0 Å². The minimum absolute atomic E-state index is 0.137. The van der Waals surface area contributed by atoms with Crippen molar-refractivity contribution < 1.29 is 4.79 Å². The Kier molecular flexibility index (Phi) is 2.75. The molecule has 0 fully saturated rings. The molecule has 0 saturated heterocycles. The molecule has 17 heavy (non-hydrogen) atoms. The second-order valence-corrected chi connectivity index (χ2v) is 3.39. The molecule has 1 aromatic carbocycles. The molecule has 5 N–H and O–H groups in total. The van der Waals surface area contributed by atoms with Gasteiger partial charge in [-0.05, 0) is 12.1 Å². The monoisotopic (exact) mass is 234 g/mol. The molecule has 0 aliphatic rings. The predicted molar refractivity (Wildman–Crippen MR) is 62.9 cm³/mol. The van der Waals surface area contributed by atoms with Gasteiger partial charge in [0.15, 0.2) is 0 Å². The number of H-pyrrole nitrogens is 2. The fraction of sp³-hybridized carbons (Fsp3) is 0.100. The molecule has 1 aromatic heterocycles. The summed E-state index contributed by atoms with van der Waals surface area (Å²) in [6, 6.07) is 4.61. The third-order valence-electron chi connectivity index (χ3n) is 2.29. The lowest BCUT2D eigenvalue weighted by molar-refractivity contribution is -0.114. The SMILES string of the molecule is NCC(=O)Nc1cccc2c(=O)[nH][nH]c(=O)c12. The molecule has 1 amide bonds. The molecular weight excluding hydrogens is 224 g/mol. The number of amides is 1. The van der Waals surface area contributed by atoms with Gasteiger partial charge < -0.3 is 11.1 Å². The quantitative estimate of drug-likeness (QED) is 0.538. The van der Waals surface area contributed by atoms with Gasteiger partial charge in [0.1, 0.15) is 0 Å². The molecule has 0 unspecified atom stereocenters. The zero-order valence-electron chi connectivity index (χ0n) is 8.74. The second kappa shape index (κ2) is 4.22. The summed E-state index contributed by atoms with van der Waals surface area (Å²) >= 11 is 0. The van der Waals surface area contributed by atoms with E-state index in [4.69, 9.17) is 5.73 Å². The van der Waals surface area contributed by atoms with Crippen LogP contribution in [0.2, 0.25) is 0 Å². The third kappa shape index (κ3) is 1.95. The number of aromatic nitrogens is 2. The van der Waals surface area contributed by atoms with Crippen LogP contribution in [0.1, 0.15) is 0 Å². The van der Waals surface area contributed by atoms with Crippen LogP contribution in [0.15, 0.2) is 27.8 Å². The average Bonchev–Trinajstić information content (AvgIpc) is 2.34. The van der Waals surface area contributed by atoms with Gasteiger partial charge in [0.05, 0.1) is 23.0 Å². The van der Waals surface area contributed by atoms with Crippen LogP contribution >= 0.6 is 0 Å². The van der Waals surface area contributed by atoms with Crippen LogP contribution in [0.25, 0.3) is 10.8 Å². The number of nitrogens with one attached hydrogen (secondary N) is 3. The largest absolute Gasteiger partial charge is 0.324 e. The summed E-state index contributed by atoms with van der Waals surface area (Å²) in [5.41, 5.74) is 4.53. The van der Waals surface area contributed by atoms with Crippen molar-refractivity contribution >= 4 is 22.4 Å². The molecule has 88 valence electrons. The molecule has 1 heterocycles. The van der Waals surface area contributed by atoms with Crippen molar-refractivity contribution in [3.05, 3.63) is 38.9 Å². The van der Waals surface area contributed by atoms with Crippen molar-refractivity contribution in [2.75, 3.05) is 11.9 Å². The van der Waals surface area contributed by atoms with Gasteiger partial charge in [-0.2, -0.15) is 0 Å². The highest BCUT2D eigenvalue weighted by atomic mass is 16.2. The maximum absolute atomic E-state index is 11.6. The average molecular weight is 234 g/mol. The van der Waals surface area contributed by atoms with Crippen LogP contribution in [0.4, 0.5) is 5.69 Å². The standard InChI is InChI=1S/C10H10N4O3/c11-4-7(15)12-6-3-1-2-5-8(6)10(17)14-13-9(5)16/h1-3H,4,11H2,(H,12,15)(H,13,16)(H,14,17). The Bertz CT molecular complexity index is 686. The summed E-state index contributed by atoms with van der Waals surface area (Å²) < 4.78 is 0. The molecular formula is C10H10N4O3. The highest BCUT2D eigenvalue weighted by molar-refractivity contribution is 6.01. The van der Waals surface area contributed by atoms with E-state index in [1.54, 1.807) is 6.07 Å². The Balaban J connectivity index is 2.73. The van der Waals surface area contributed by atoms with Gasteiger partial charge >= 0.3 is 0 Å². The third-order valence-corrected chi connectivity index (χ3v) is 2.29. The van der Waals surface area contributed by atoms with E-state index in [0.29, 0.717) is 0 Å². The van der Waals surface area contributed by atoms with E-state index in [1.165, 1.54) is 12.1 Å². The van der Waals surface area contributed by atoms with E-state index < -0.39 is 17.0 Å². The number of carbonyl (C=O) groups is 1. The molecule has 0 bridgehead atoms. The molecule has 0 aliphatic heterocycles. The van der Waals surface area contributed by atoms with Crippen molar-refractivity contribution in [2.45, 2.75) is 0 Å². The van der Waals surface area contributed by atoms with Crippen LogP contribution in [0.5, 0.6) is 0 Å². The Morgan fingerprint density at radius 1 is 1.24 bits per heavy atom. The van der Waals surface area contributed by atoms with Crippen molar-refractivity contribution in [2.24, 2.45) is 5.73 Å². The number of fused-ring (bicyclic) bond motifs is 1. The van der Waals surface area contributed by atoms with Crippen LogP contribution < -0.4 is 22.2 Å². The van der Waals surface area contributed by atoms with E-state index in [0.717, 1.165) is 0 Å². The zero-order valence-corrected chi connectivity index (χ0v) is 8.74. The van der Waals surface area contributed by atoms with Gasteiger partial charge in [0, 0.05) is 0 Å². The lowest BCUT2D eigenvalue weighted by atomic mass is 10.1. The van der Waals surface area contributed by atoms with E-state index in [-0.39, 0.29) is 23.0 Å². The normalized spacial score (nSPS) is 10.4. The highest BCUT2D eigenvalue weighted by Gasteiger charge is 2.09. The number of rotatable bonds is 2. The fourth-order valence-corrected chi connectivity index (χ4v) is 1.53. The molecule has 0 atom stereocenters. The number of aromatic amines is 2. The molecule has 0 spiro atoms. The van der Waals surface area contributed by atoms with E-state index >= 15 is 0 Å². The summed E-state index contributed by atoms with van der Waals surface area (Å²) in [6.07, 6.45) is 0. The Morgan fingerprint density at radius 2 is 1.94 bits per heavy atom. The molecule has 7 heteroatoms. The molecule has 0 radical (unpaired) electrons. The molecule has 2 aromatic rings. The van der Waals surface area contributed by atoms with Crippen LogP contribution in [-0.4, -0.2) is 22.6 Å². The number of benzene rings is 1. The first-order valence-electron chi connectivity index (χ1n) is 4.87. The minimum Gasteiger partial charge on any atom is -0.324 e. The summed E-state index contributed by atoms with van der Waals surface area (Å²) in [7, 11) is 0. The van der Waals surface area contributed by atoms with Crippen LogP contribution in [0.3, 0.4) is 0 Å². The van der Waals surface area contributed by atoms with Crippen molar-refractivity contribution in [3.63, 3.8) is 0 Å². The van der Waals surface area contributed by atoms with E-state index in [9.17, 15) is 14.4 Å². The first-order chi connectivity index (χ1) is 8.13. The van der Waals surface area contributed by atoms with Gasteiger partial charge in [-0.1, -0.05) is 6.07 Å². The highest BCUT2D eigenvalue weighted by Crippen LogP contribution is 2.16. The van der Waals surface area contributed by atoms with E-state index in [2.05, 4.69) is 15.5 Å². The number of anilines is 1. The smallest absolute Gasteiger partial charge is 0.272 e. The number of carbonyl (C=O) groups excluding carboxylic acids is 1. The van der Waals surface area contributed by atoms with Crippen molar-refractivity contribution in [1.29, 1.82) is 0 Å². The van der Waals surface area contributed by atoms with Gasteiger partial charge in [-0.3, -0.25) is 24.6 Å². The summed E-state index contributed by atoms with van der Waals surface area (Å²) in [5, 5.41) is 7.22. The summed E-state index contributed by atoms with van der Waals surface area (Å²) in [6.45, 7) is -0.197. The van der Waals surface area contributed by atoms with Gasteiger partial charge in [0.25, 0.3) is 11.1 Å². The summed E-state index contributed by atoms with van der Waals surface area (Å²) in [4.78, 5) is 34.3. The molecule has 0 aliphatic carbocycles. The maximum atomic E-state index is 11.6. The van der Waals surface area contributed by atoms with E-state index in [1.807, 2.05) is 0 Å². The van der Waals surface area contributed by atoms with Crippen LogP contribution in [-0.2, 0) is 4.79 Å². The lowest BCUT2D eigenvalue weighted by Gasteiger charge is -2.05. The fourth-order valence-electron chi connectivity index (χ4n) is 1.53. The predicted octanol–water partition coefficient (Wildman–Crippen LogP) is -0.886. The minimum atomic E-state index is -0.479. The number of hydrogen-bond donors (Lipinski definition) is 4. The first-order valence-corrected chi connectivity index (χ1v) is 4.87. The van der Waals surface area contributed by atoms with Gasteiger partial charge in [0.2, 0.25) is 5.91 Å². The molecule has 0 saturated carbocycles. The molecule has 7 nitrogen and oxygen atoms in total. The molecule has 2 rings (SSSR count). The van der Waals surface area contributed by atoms with Gasteiger partial charge in [-0.25, -0.2) is 0 Å². The second-order valence-electron chi connectivity index (χ2n) is 3.39. The van der Waals surface area contributed by atoms with Gasteiger partial charge in [-0.15, -0.1) is 0 Å². The summed E-state index contributed by atoms with van der Waals surface area (Å²) in [5.74, 6) is -0.433. The first kappa shape index (κ1) is 11.1. The topological polar surface area (TPSA) is 121 Å². The maximum Gasteiger partial charge on any atom is 0.272 e. The lowest BCUT2D eigenvalue weighted by Crippen LogP contribution is -2.24. The number of nitrogens with two attached hydrogens (primary N) is 1. The number of hydrogen-bond acceptors (Lipinski definition) is 4. The zero-order chi connectivity index (χ0) is 12.4. The van der Waals surface area contributed by atoms with Crippen molar-refractivity contribution in [1.82, 2.24) is 10.2 Å². The Labute approximate surface area is 94.6 Å².